The van der Waals surface area contributed by atoms with Gasteiger partial charge in [0, 0.05) is 49.1 Å². The summed E-state index contributed by atoms with van der Waals surface area (Å²) in [6.45, 7) is 5.78. The molecule has 3 heterocycles. The first kappa shape index (κ1) is 15.4. The van der Waals surface area contributed by atoms with Gasteiger partial charge in [0.2, 0.25) is 0 Å². The summed E-state index contributed by atoms with van der Waals surface area (Å²) in [5.41, 5.74) is 3.31. The lowest BCUT2D eigenvalue weighted by Crippen LogP contribution is -2.35. The number of aryl methyl sites for hydroxylation is 1. The van der Waals surface area contributed by atoms with Crippen LogP contribution in [0.4, 0.5) is 5.82 Å². The third-order valence-electron chi connectivity index (χ3n) is 4.24. The number of benzene rings is 1. The summed E-state index contributed by atoms with van der Waals surface area (Å²) in [6.07, 6.45) is 0. The third-order valence-corrected chi connectivity index (χ3v) is 5.08. The normalized spacial score (nSPS) is 16.6. The van der Waals surface area contributed by atoms with E-state index in [0.29, 0.717) is 5.92 Å². The van der Waals surface area contributed by atoms with Crippen LogP contribution in [0.2, 0.25) is 0 Å². The second-order valence-corrected chi connectivity index (χ2v) is 7.17. The minimum atomic E-state index is 0.547. The SMILES string of the molecule is Cc1cc2n(n1)C[C@@H](CNCc1nc(-c3ccccc3)cs1)CN2. The van der Waals surface area contributed by atoms with Gasteiger partial charge < -0.3 is 10.6 Å². The molecule has 0 unspecified atom stereocenters. The van der Waals surface area contributed by atoms with Crippen LogP contribution in [0.25, 0.3) is 11.3 Å². The van der Waals surface area contributed by atoms with Gasteiger partial charge in [0.15, 0.2) is 0 Å². The molecular formula is C18H21N5S. The predicted molar refractivity (Wildman–Crippen MR) is 98.2 cm³/mol. The Morgan fingerprint density at radius 1 is 1.33 bits per heavy atom. The molecule has 1 aliphatic rings. The van der Waals surface area contributed by atoms with Crippen LogP contribution in [0.15, 0.2) is 41.8 Å². The van der Waals surface area contributed by atoms with Crippen molar-refractivity contribution in [2.24, 2.45) is 5.92 Å². The van der Waals surface area contributed by atoms with Crippen LogP contribution >= 0.6 is 11.3 Å². The predicted octanol–water partition coefficient (Wildman–Crippen LogP) is 3.15. The molecule has 0 aliphatic carbocycles. The zero-order valence-electron chi connectivity index (χ0n) is 13.7. The Hall–Kier alpha value is -2.18. The van der Waals surface area contributed by atoms with E-state index in [0.717, 1.165) is 48.4 Å². The summed E-state index contributed by atoms with van der Waals surface area (Å²) in [6, 6.07) is 12.4. The number of hydrogen-bond donors (Lipinski definition) is 2. The van der Waals surface area contributed by atoms with E-state index in [9.17, 15) is 0 Å². The summed E-state index contributed by atoms with van der Waals surface area (Å²) in [5.74, 6) is 1.68. The smallest absolute Gasteiger partial charge is 0.124 e. The van der Waals surface area contributed by atoms with Crippen LogP contribution in [0.1, 0.15) is 10.7 Å². The van der Waals surface area contributed by atoms with Crippen LogP contribution in [0, 0.1) is 12.8 Å². The van der Waals surface area contributed by atoms with Gasteiger partial charge in [0.25, 0.3) is 0 Å². The van der Waals surface area contributed by atoms with Crippen LogP contribution in [0.3, 0.4) is 0 Å². The average molecular weight is 339 g/mol. The third kappa shape index (κ3) is 3.34. The standard InChI is InChI=1S/C18H21N5S/c1-13-7-17-20-9-14(11-23(17)22-13)8-19-10-18-21-16(12-24-18)15-5-3-2-4-6-15/h2-7,12,14,19-20H,8-11H2,1H3/t14-/m0/s1. The zero-order valence-corrected chi connectivity index (χ0v) is 14.5. The van der Waals surface area contributed by atoms with E-state index in [1.54, 1.807) is 11.3 Å². The highest BCUT2D eigenvalue weighted by molar-refractivity contribution is 7.09. The molecule has 0 fully saturated rings. The second-order valence-electron chi connectivity index (χ2n) is 6.22. The summed E-state index contributed by atoms with van der Waals surface area (Å²) in [4.78, 5) is 4.73. The van der Waals surface area contributed by atoms with Gasteiger partial charge in [0.05, 0.1) is 11.4 Å². The lowest BCUT2D eigenvalue weighted by Gasteiger charge is -2.24. The monoisotopic (exact) mass is 339 g/mol. The van der Waals surface area contributed by atoms with Crippen molar-refractivity contribution in [1.82, 2.24) is 20.1 Å². The molecule has 1 aromatic carbocycles. The van der Waals surface area contributed by atoms with Gasteiger partial charge >= 0.3 is 0 Å². The Labute approximate surface area is 145 Å². The number of anilines is 1. The summed E-state index contributed by atoms with van der Waals surface area (Å²) in [7, 11) is 0. The molecule has 0 amide bonds. The van der Waals surface area contributed by atoms with Crippen LogP contribution in [-0.4, -0.2) is 27.9 Å². The van der Waals surface area contributed by atoms with Crippen LogP contribution in [-0.2, 0) is 13.1 Å². The summed E-state index contributed by atoms with van der Waals surface area (Å²) < 4.78 is 2.07. The van der Waals surface area contributed by atoms with E-state index < -0.39 is 0 Å². The highest BCUT2D eigenvalue weighted by Crippen LogP contribution is 2.22. The summed E-state index contributed by atoms with van der Waals surface area (Å²) in [5, 5.41) is 14.8. The Bertz CT molecular complexity index is 808. The first-order valence-electron chi connectivity index (χ1n) is 8.27. The molecule has 6 heteroatoms. The van der Waals surface area contributed by atoms with E-state index in [-0.39, 0.29) is 0 Å². The molecule has 24 heavy (non-hydrogen) atoms. The van der Waals surface area contributed by atoms with Crippen molar-refractivity contribution in [3.8, 4) is 11.3 Å². The Balaban J connectivity index is 1.30. The topological polar surface area (TPSA) is 54.8 Å². The van der Waals surface area contributed by atoms with Crippen molar-refractivity contribution >= 4 is 17.2 Å². The maximum Gasteiger partial charge on any atom is 0.124 e. The maximum atomic E-state index is 4.73. The molecular weight excluding hydrogens is 318 g/mol. The van der Waals surface area contributed by atoms with Gasteiger partial charge in [-0.2, -0.15) is 5.10 Å². The minimum Gasteiger partial charge on any atom is -0.370 e. The average Bonchev–Trinajstić information content (AvgIpc) is 3.21. The molecule has 124 valence electrons. The lowest BCUT2D eigenvalue weighted by molar-refractivity contribution is 0.390. The van der Waals surface area contributed by atoms with Crippen LogP contribution < -0.4 is 10.6 Å². The molecule has 4 rings (SSSR count). The van der Waals surface area contributed by atoms with Crippen molar-refractivity contribution in [1.29, 1.82) is 0 Å². The molecule has 3 aromatic rings. The molecule has 0 saturated carbocycles. The van der Waals surface area contributed by atoms with Gasteiger partial charge in [-0.25, -0.2) is 9.67 Å². The molecule has 1 atom stereocenters. The fraction of sp³-hybridized carbons (Fsp3) is 0.333. The first-order chi connectivity index (χ1) is 11.8. The Morgan fingerprint density at radius 3 is 3.08 bits per heavy atom. The van der Waals surface area contributed by atoms with Gasteiger partial charge in [-0.1, -0.05) is 30.3 Å². The lowest BCUT2D eigenvalue weighted by atomic mass is 10.1. The van der Waals surface area contributed by atoms with E-state index >= 15 is 0 Å². The molecule has 0 spiro atoms. The highest BCUT2D eigenvalue weighted by atomic mass is 32.1. The molecule has 0 bridgehead atoms. The molecule has 1 aliphatic heterocycles. The van der Waals surface area contributed by atoms with Crippen molar-refractivity contribution in [2.45, 2.75) is 20.0 Å². The fourth-order valence-corrected chi connectivity index (χ4v) is 3.81. The number of nitrogens with zero attached hydrogens (tertiary/aromatic N) is 3. The fourth-order valence-electron chi connectivity index (χ4n) is 3.04. The molecule has 2 N–H and O–H groups in total. The number of aromatic nitrogens is 3. The highest BCUT2D eigenvalue weighted by Gasteiger charge is 2.18. The van der Waals surface area contributed by atoms with E-state index in [1.807, 2.05) is 25.1 Å². The van der Waals surface area contributed by atoms with E-state index in [2.05, 4.69) is 44.0 Å². The van der Waals surface area contributed by atoms with Gasteiger partial charge in [-0.3, -0.25) is 0 Å². The van der Waals surface area contributed by atoms with E-state index in [1.165, 1.54) is 5.56 Å². The molecule has 0 saturated heterocycles. The van der Waals surface area contributed by atoms with Crippen molar-refractivity contribution < 1.29 is 0 Å². The van der Waals surface area contributed by atoms with Crippen molar-refractivity contribution in [2.75, 3.05) is 18.4 Å². The first-order valence-corrected chi connectivity index (χ1v) is 9.15. The number of hydrogen-bond acceptors (Lipinski definition) is 5. The second kappa shape index (κ2) is 6.75. The molecule has 0 radical (unpaired) electrons. The Morgan fingerprint density at radius 2 is 2.21 bits per heavy atom. The summed E-state index contributed by atoms with van der Waals surface area (Å²) >= 11 is 1.72. The molecule has 5 nitrogen and oxygen atoms in total. The number of nitrogens with one attached hydrogen (secondary N) is 2. The maximum absolute atomic E-state index is 4.73. The van der Waals surface area contributed by atoms with Crippen molar-refractivity contribution in [3.05, 3.63) is 52.5 Å². The molecule has 2 aromatic heterocycles. The van der Waals surface area contributed by atoms with Crippen LogP contribution in [0.5, 0.6) is 0 Å². The number of rotatable bonds is 5. The number of fused-ring (bicyclic) bond motifs is 1. The Kier molecular flexibility index (Phi) is 4.32. The minimum absolute atomic E-state index is 0.547. The van der Waals surface area contributed by atoms with Gasteiger partial charge in [-0.15, -0.1) is 11.3 Å². The quantitative estimate of drug-likeness (QED) is 0.750. The zero-order chi connectivity index (χ0) is 16.4. The van der Waals surface area contributed by atoms with Crippen molar-refractivity contribution in [3.63, 3.8) is 0 Å². The van der Waals surface area contributed by atoms with E-state index in [4.69, 9.17) is 4.98 Å². The van der Waals surface area contributed by atoms with Gasteiger partial charge in [-0.05, 0) is 6.92 Å². The largest absolute Gasteiger partial charge is 0.370 e. The number of thiazole rings is 1. The van der Waals surface area contributed by atoms with Gasteiger partial charge in [0.1, 0.15) is 10.8 Å².